The summed E-state index contributed by atoms with van der Waals surface area (Å²) >= 11 is 0. The first kappa shape index (κ1) is 18.6. The average Bonchev–Trinajstić information content (AvgIpc) is 2.34. The van der Waals surface area contributed by atoms with Gasteiger partial charge in [-0.1, -0.05) is 13.3 Å². The van der Waals surface area contributed by atoms with Crippen molar-refractivity contribution in [1.29, 1.82) is 0 Å². The smallest absolute Gasteiger partial charge is 0.0420 e. The number of nitrogens with one attached hydrogen (secondary N) is 2. The molecule has 0 unspecified atom stereocenters. The lowest BCUT2D eigenvalue weighted by molar-refractivity contribution is 0.287. The molecule has 0 rings (SSSR count). The van der Waals surface area contributed by atoms with Crippen LogP contribution in [0.25, 0.3) is 0 Å². The summed E-state index contributed by atoms with van der Waals surface area (Å²) in [5.74, 6) is 0. The number of nitrogens with two attached hydrogens (primary N) is 1. The van der Waals surface area contributed by atoms with Crippen LogP contribution in [0.1, 0.15) is 60.3 Å². The van der Waals surface area contributed by atoms with Gasteiger partial charge >= 0.3 is 0 Å². The van der Waals surface area contributed by atoms with Crippen LogP contribution in [0.15, 0.2) is 29.8 Å². The second-order valence-electron chi connectivity index (χ2n) is 6.38. The molecule has 0 saturated heterocycles. The van der Waals surface area contributed by atoms with Gasteiger partial charge < -0.3 is 16.4 Å². The van der Waals surface area contributed by atoms with E-state index >= 15 is 0 Å². The highest BCUT2D eigenvalue weighted by Crippen LogP contribution is 2.19. The predicted octanol–water partition coefficient (Wildman–Crippen LogP) is 3.28. The van der Waals surface area contributed by atoms with Gasteiger partial charge in [-0.25, -0.2) is 0 Å². The van der Waals surface area contributed by atoms with Crippen molar-refractivity contribution in [2.24, 2.45) is 10.7 Å². The highest BCUT2D eigenvalue weighted by molar-refractivity contribution is 5.57. The van der Waals surface area contributed by atoms with Gasteiger partial charge in [0.1, 0.15) is 0 Å². The van der Waals surface area contributed by atoms with Crippen molar-refractivity contribution in [3.8, 4) is 0 Å². The van der Waals surface area contributed by atoms with Gasteiger partial charge in [0.2, 0.25) is 0 Å². The Labute approximate surface area is 124 Å². The van der Waals surface area contributed by atoms with E-state index in [1.165, 1.54) is 19.0 Å². The Balaban J connectivity index is 4.17. The minimum absolute atomic E-state index is 0.0195. The summed E-state index contributed by atoms with van der Waals surface area (Å²) in [7, 11) is 0. The Kier molecular flexibility index (Phi) is 8.77. The lowest BCUT2D eigenvalue weighted by Gasteiger charge is -2.35. The maximum absolute atomic E-state index is 5.36. The third-order valence-corrected chi connectivity index (χ3v) is 2.88. The number of rotatable bonds is 10. The van der Waals surface area contributed by atoms with Crippen LogP contribution in [0.3, 0.4) is 0 Å². The third-order valence-electron chi connectivity index (χ3n) is 2.88. The van der Waals surface area contributed by atoms with Crippen LogP contribution < -0.4 is 16.4 Å². The van der Waals surface area contributed by atoms with Crippen LogP contribution in [0.4, 0.5) is 0 Å². The van der Waals surface area contributed by atoms with Gasteiger partial charge in [-0.05, 0) is 47.0 Å². The fourth-order valence-corrected chi connectivity index (χ4v) is 2.22. The Morgan fingerprint density at radius 2 is 1.65 bits per heavy atom. The second kappa shape index (κ2) is 9.45. The maximum atomic E-state index is 5.36. The van der Waals surface area contributed by atoms with Gasteiger partial charge in [-0.3, -0.25) is 4.99 Å². The third kappa shape index (κ3) is 10.5. The molecule has 0 amide bonds. The van der Waals surface area contributed by atoms with E-state index in [2.05, 4.69) is 50.2 Å². The summed E-state index contributed by atoms with van der Waals surface area (Å²) in [5, 5.41) is 6.68. The molecule has 20 heavy (non-hydrogen) atoms. The van der Waals surface area contributed by atoms with Crippen molar-refractivity contribution in [2.45, 2.75) is 71.4 Å². The molecule has 0 aliphatic heterocycles. The molecule has 0 fully saturated rings. The number of hydrogen-bond donors (Lipinski definition) is 3. The SMILES string of the molecule is CCCCC=N/C=C\NC(C)(C)CC(C)(C)N/C=C\N. The fourth-order valence-electron chi connectivity index (χ4n) is 2.22. The molecule has 116 valence electrons. The van der Waals surface area contributed by atoms with Crippen LogP contribution >= 0.6 is 0 Å². The normalized spacial score (nSPS) is 13.7. The Morgan fingerprint density at radius 1 is 1.05 bits per heavy atom. The van der Waals surface area contributed by atoms with E-state index in [1.54, 1.807) is 6.20 Å². The highest BCUT2D eigenvalue weighted by Gasteiger charge is 2.26. The monoisotopic (exact) mass is 280 g/mol. The first-order chi connectivity index (χ1) is 9.33. The first-order valence-corrected chi connectivity index (χ1v) is 7.42. The van der Waals surface area contributed by atoms with Crippen LogP contribution in [-0.2, 0) is 0 Å². The van der Waals surface area contributed by atoms with Crippen molar-refractivity contribution >= 4 is 6.21 Å². The van der Waals surface area contributed by atoms with Gasteiger partial charge in [0, 0.05) is 42.1 Å². The average molecular weight is 280 g/mol. The van der Waals surface area contributed by atoms with E-state index in [0.717, 1.165) is 12.8 Å². The zero-order chi connectivity index (χ0) is 15.5. The van der Waals surface area contributed by atoms with Gasteiger partial charge in [-0.15, -0.1) is 0 Å². The quantitative estimate of drug-likeness (QED) is 0.425. The summed E-state index contributed by atoms with van der Waals surface area (Å²) in [4.78, 5) is 4.25. The number of nitrogens with zero attached hydrogens (tertiary/aromatic N) is 1. The molecule has 0 radical (unpaired) electrons. The minimum Gasteiger partial charge on any atom is -0.403 e. The van der Waals surface area contributed by atoms with Crippen molar-refractivity contribution in [3.05, 3.63) is 24.8 Å². The lowest BCUT2D eigenvalue weighted by Crippen LogP contribution is -2.47. The summed E-state index contributed by atoms with van der Waals surface area (Å²) in [6.45, 7) is 10.8. The molecule has 0 bridgehead atoms. The van der Waals surface area contributed by atoms with Gasteiger partial charge in [0.05, 0.1) is 0 Å². The summed E-state index contributed by atoms with van der Waals surface area (Å²) in [5.41, 5.74) is 5.32. The Hall–Kier alpha value is -1.45. The second-order valence-corrected chi connectivity index (χ2v) is 6.38. The van der Waals surface area contributed by atoms with Crippen LogP contribution in [-0.4, -0.2) is 17.3 Å². The molecule has 4 heteroatoms. The molecule has 0 aromatic carbocycles. The molecule has 0 saturated carbocycles. The molecule has 0 aliphatic rings. The van der Waals surface area contributed by atoms with Crippen molar-refractivity contribution < 1.29 is 0 Å². The topological polar surface area (TPSA) is 62.4 Å². The summed E-state index contributed by atoms with van der Waals surface area (Å²) < 4.78 is 0. The molecule has 0 heterocycles. The van der Waals surface area contributed by atoms with E-state index < -0.39 is 0 Å². The van der Waals surface area contributed by atoms with Crippen molar-refractivity contribution in [1.82, 2.24) is 10.6 Å². The largest absolute Gasteiger partial charge is 0.403 e. The van der Waals surface area contributed by atoms with E-state index in [-0.39, 0.29) is 11.1 Å². The van der Waals surface area contributed by atoms with E-state index in [4.69, 9.17) is 5.73 Å². The fraction of sp³-hybridized carbons (Fsp3) is 0.688. The maximum Gasteiger partial charge on any atom is 0.0420 e. The van der Waals surface area contributed by atoms with Crippen LogP contribution in [0, 0.1) is 0 Å². The van der Waals surface area contributed by atoms with Crippen molar-refractivity contribution in [2.75, 3.05) is 0 Å². The van der Waals surface area contributed by atoms with Crippen molar-refractivity contribution in [3.63, 3.8) is 0 Å². The lowest BCUT2D eigenvalue weighted by atomic mass is 9.87. The highest BCUT2D eigenvalue weighted by atomic mass is 15.0. The predicted molar refractivity (Wildman–Crippen MR) is 89.5 cm³/mol. The zero-order valence-corrected chi connectivity index (χ0v) is 13.7. The molecular formula is C16H32N4. The Bertz CT molecular complexity index is 327. The number of aliphatic imine (C=N–C) groups is 1. The molecular weight excluding hydrogens is 248 g/mol. The number of hydrogen-bond acceptors (Lipinski definition) is 4. The van der Waals surface area contributed by atoms with Gasteiger partial charge in [-0.2, -0.15) is 0 Å². The number of unbranched alkanes of at least 4 members (excludes halogenated alkanes) is 2. The standard InChI is InChI=1S/C16H32N4/c1-6-7-8-10-18-12-13-20-16(4,5)14-15(2,3)19-11-9-17/h9-13,19-20H,6-8,14,17H2,1-5H3/b11-9-,13-12-,18-10?. The molecule has 0 atom stereocenters. The molecule has 4 nitrogen and oxygen atoms in total. The molecule has 0 aliphatic carbocycles. The van der Waals surface area contributed by atoms with Gasteiger partial charge in [0.25, 0.3) is 0 Å². The Morgan fingerprint density at radius 3 is 2.20 bits per heavy atom. The minimum atomic E-state index is -0.0232. The molecule has 0 spiro atoms. The zero-order valence-electron chi connectivity index (χ0n) is 13.7. The van der Waals surface area contributed by atoms with E-state index in [1.807, 2.05) is 18.6 Å². The summed E-state index contributed by atoms with van der Waals surface area (Å²) in [6.07, 6.45) is 13.4. The van der Waals surface area contributed by atoms with Crippen LogP contribution in [0.5, 0.6) is 0 Å². The van der Waals surface area contributed by atoms with Crippen LogP contribution in [0.2, 0.25) is 0 Å². The molecule has 0 aromatic rings. The van der Waals surface area contributed by atoms with E-state index in [9.17, 15) is 0 Å². The molecule has 0 aromatic heterocycles. The summed E-state index contributed by atoms with van der Waals surface area (Å²) in [6, 6.07) is 0. The van der Waals surface area contributed by atoms with Gasteiger partial charge in [0.15, 0.2) is 0 Å². The molecule has 4 N–H and O–H groups in total. The van der Waals surface area contributed by atoms with E-state index in [0.29, 0.717) is 0 Å². The first-order valence-electron chi connectivity index (χ1n) is 7.42.